The first kappa shape index (κ1) is 22.3. The third kappa shape index (κ3) is 6.82. The standard InChI is InChI=1S/C23H31N3O3/c1-5-29-20-13-11-18(12-14-20)22(27)25-21(17(2)3)23(28)24-15-16-26(4)19-9-7-6-8-10-19/h6-14,17,21H,5,15-16H2,1-4H3,(H,24,28)(H,25,27). The smallest absolute Gasteiger partial charge is 0.251 e. The van der Waals surface area contributed by atoms with Gasteiger partial charge in [0.15, 0.2) is 0 Å². The van der Waals surface area contributed by atoms with Crippen molar-refractivity contribution in [2.45, 2.75) is 26.8 Å². The third-order valence-corrected chi connectivity index (χ3v) is 4.61. The van der Waals surface area contributed by atoms with Crippen molar-refractivity contribution >= 4 is 17.5 Å². The number of ether oxygens (including phenoxy) is 1. The summed E-state index contributed by atoms with van der Waals surface area (Å²) in [5.74, 6) is 0.224. The second kappa shape index (κ2) is 11.1. The Labute approximate surface area is 173 Å². The quantitative estimate of drug-likeness (QED) is 0.646. The Balaban J connectivity index is 1.89. The number of nitrogens with zero attached hydrogens (tertiary/aromatic N) is 1. The predicted molar refractivity (Wildman–Crippen MR) is 116 cm³/mol. The zero-order valence-electron chi connectivity index (χ0n) is 17.6. The molecule has 0 fully saturated rings. The molecule has 6 nitrogen and oxygen atoms in total. The molecule has 0 saturated heterocycles. The number of hydrogen-bond donors (Lipinski definition) is 2. The fraction of sp³-hybridized carbons (Fsp3) is 0.391. The number of hydrogen-bond acceptors (Lipinski definition) is 4. The first-order valence-electron chi connectivity index (χ1n) is 10.00. The number of carbonyl (C=O) groups is 2. The topological polar surface area (TPSA) is 70.7 Å². The SMILES string of the molecule is CCOc1ccc(C(=O)NC(C(=O)NCCN(C)c2ccccc2)C(C)C)cc1. The van der Waals surface area contributed by atoms with Gasteiger partial charge >= 0.3 is 0 Å². The van der Waals surface area contributed by atoms with E-state index < -0.39 is 6.04 Å². The molecule has 1 atom stereocenters. The fourth-order valence-electron chi connectivity index (χ4n) is 2.90. The van der Waals surface area contributed by atoms with Crippen LogP contribution in [0.15, 0.2) is 54.6 Å². The van der Waals surface area contributed by atoms with Crippen molar-refractivity contribution in [1.29, 1.82) is 0 Å². The molecule has 0 spiro atoms. The second-order valence-electron chi connectivity index (χ2n) is 7.20. The fourth-order valence-corrected chi connectivity index (χ4v) is 2.90. The summed E-state index contributed by atoms with van der Waals surface area (Å²) in [5, 5.41) is 5.78. The zero-order valence-corrected chi connectivity index (χ0v) is 17.6. The van der Waals surface area contributed by atoms with Crippen molar-refractivity contribution in [2.75, 3.05) is 31.6 Å². The van der Waals surface area contributed by atoms with Crippen LogP contribution in [0, 0.1) is 5.92 Å². The van der Waals surface area contributed by atoms with Crippen LogP contribution in [0.5, 0.6) is 5.75 Å². The van der Waals surface area contributed by atoms with Gasteiger partial charge in [0.25, 0.3) is 5.91 Å². The molecule has 2 amide bonds. The van der Waals surface area contributed by atoms with Crippen LogP contribution in [0.25, 0.3) is 0 Å². The van der Waals surface area contributed by atoms with E-state index in [0.717, 1.165) is 5.69 Å². The van der Waals surface area contributed by atoms with Crippen molar-refractivity contribution in [2.24, 2.45) is 5.92 Å². The first-order chi connectivity index (χ1) is 13.9. The summed E-state index contributed by atoms with van der Waals surface area (Å²) in [6.45, 7) is 7.47. The molecule has 0 saturated carbocycles. The van der Waals surface area contributed by atoms with Crippen LogP contribution in [0.1, 0.15) is 31.1 Å². The van der Waals surface area contributed by atoms with E-state index in [-0.39, 0.29) is 17.7 Å². The van der Waals surface area contributed by atoms with Gasteiger partial charge in [-0.3, -0.25) is 9.59 Å². The number of nitrogens with one attached hydrogen (secondary N) is 2. The van der Waals surface area contributed by atoms with Crippen LogP contribution < -0.4 is 20.3 Å². The lowest BCUT2D eigenvalue weighted by atomic mass is 10.0. The van der Waals surface area contributed by atoms with E-state index in [9.17, 15) is 9.59 Å². The van der Waals surface area contributed by atoms with Crippen LogP contribution in [0.2, 0.25) is 0 Å². The van der Waals surface area contributed by atoms with Crippen molar-refractivity contribution in [1.82, 2.24) is 10.6 Å². The molecular formula is C23H31N3O3. The minimum atomic E-state index is -0.601. The highest BCUT2D eigenvalue weighted by atomic mass is 16.5. The minimum absolute atomic E-state index is 0.0338. The largest absolute Gasteiger partial charge is 0.494 e. The summed E-state index contributed by atoms with van der Waals surface area (Å²) in [6, 6.07) is 16.3. The van der Waals surface area contributed by atoms with E-state index in [1.807, 2.05) is 58.2 Å². The van der Waals surface area contributed by atoms with Gasteiger partial charge in [-0.15, -0.1) is 0 Å². The molecule has 2 aromatic carbocycles. The Morgan fingerprint density at radius 2 is 1.69 bits per heavy atom. The molecule has 156 valence electrons. The summed E-state index contributed by atoms with van der Waals surface area (Å²) < 4.78 is 5.39. The van der Waals surface area contributed by atoms with E-state index in [0.29, 0.717) is 31.0 Å². The average molecular weight is 398 g/mol. The molecule has 0 aliphatic carbocycles. The Bertz CT molecular complexity index is 776. The molecule has 2 N–H and O–H groups in total. The highest BCUT2D eigenvalue weighted by molar-refractivity contribution is 5.97. The lowest BCUT2D eigenvalue weighted by molar-refractivity contribution is -0.123. The summed E-state index contributed by atoms with van der Waals surface area (Å²) in [5.41, 5.74) is 1.58. The summed E-state index contributed by atoms with van der Waals surface area (Å²) in [6.07, 6.45) is 0. The van der Waals surface area contributed by atoms with Crippen molar-refractivity contribution in [3.05, 3.63) is 60.2 Å². The lowest BCUT2D eigenvalue weighted by Gasteiger charge is -2.23. The van der Waals surface area contributed by atoms with Gasteiger partial charge < -0.3 is 20.3 Å². The van der Waals surface area contributed by atoms with Gasteiger partial charge in [-0.1, -0.05) is 32.0 Å². The van der Waals surface area contributed by atoms with Gasteiger partial charge in [0.1, 0.15) is 11.8 Å². The van der Waals surface area contributed by atoms with Crippen LogP contribution in [0.4, 0.5) is 5.69 Å². The molecule has 2 aromatic rings. The van der Waals surface area contributed by atoms with Crippen LogP contribution in [-0.4, -0.2) is 44.6 Å². The molecule has 1 unspecified atom stereocenters. The van der Waals surface area contributed by atoms with Crippen molar-refractivity contribution < 1.29 is 14.3 Å². The van der Waals surface area contributed by atoms with E-state index in [1.54, 1.807) is 24.3 Å². The molecule has 0 aromatic heterocycles. The summed E-state index contributed by atoms with van der Waals surface area (Å²) >= 11 is 0. The number of para-hydroxylation sites is 1. The molecule has 2 rings (SSSR count). The maximum absolute atomic E-state index is 12.6. The molecule has 6 heteroatoms. The van der Waals surface area contributed by atoms with Gasteiger partial charge in [0.2, 0.25) is 5.91 Å². The number of carbonyl (C=O) groups excluding carboxylic acids is 2. The van der Waals surface area contributed by atoms with E-state index in [2.05, 4.69) is 15.5 Å². The summed E-state index contributed by atoms with van der Waals surface area (Å²) in [7, 11) is 1.98. The summed E-state index contributed by atoms with van der Waals surface area (Å²) in [4.78, 5) is 27.3. The Kier molecular flexibility index (Phi) is 8.52. The van der Waals surface area contributed by atoms with Crippen LogP contribution >= 0.6 is 0 Å². The van der Waals surface area contributed by atoms with Gasteiger partial charge in [0.05, 0.1) is 6.61 Å². The number of likely N-dealkylation sites (N-methyl/N-ethyl adjacent to an activating group) is 1. The molecular weight excluding hydrogens is 366 g/mol. The molecule has 0 bridgehead atoms. The zero-order chi connectivity index (χ0) is 21.2. The predicted octanol–water partition coefficient (Wildman–Crippen LogP) is 3.09. The first-order valence-corrected chi connectivity index (χ1v) is 10.00. The highest BCUT2D eigenvalue weighted by Crippen LogP contribution is 2.13. The molecule has 0 aliphatic heterocycles. The average Bonchev–Trinajstić information content (AvgIpc) is 2.72. The van der Waals surface area contributed by atoms with Crippen molar-refractivity contribution in [3.8, 4) is 5.75 Å². The number of anilines is 1. The monoisotopic (exact) mass is 397 g/mol. The normalized spacial score (nSPS) is 11.6. The van der Waals surface area contributed by atoms with E-state index in [4.69, 9.17) is 4.74 Å². The van der Waals surface area contributed by atoms with E-state index in [1.165, 1.54) is 0 Å². The number of benzene rings is 2. The minimum Gasteiger partial charge on any atom is -0.494 e. The maximum Gasteiger partial charge on any atom is 0.251 e. The molecule has 0 heterocycles. The van der Waals surface area contributed by atoms with Crippen molar-refractivity contribution in [3.63, 3.8) is 0 Å². The third-order valence-electron chi connectivity index (χ3n) is 4.61. The highest BCUT2D eigenvalue weighted by Gasteiger charge is 2.24. The number of amides is 2. The van der Waals surface area contributed by atoms with E-state index >= 15 is 0 Å². The second-order valence-corrected chi connectivity index (χ2v) is 7.20. The van der Waals surface area contributed by atoms with Crippen LogP contribution in [0.3, 0.4) is 0 Å². The molecule has 0 aliphatic rings. The van der Waals surface area contributed by atoms with Gasteiger partial charge in [0, 0.05) is 31.4 Å². The molecule has 0 radical (unpaired) electrons. The van der Waals surface area contributed by atoms with Gasteiger partial charge in [-0.05, 0) is 49.2 Å². The number of rotatable bonds is 10. The Hall–Kier alpha value is -3.02. The molecule has 29 heavy (non-hydrogen) atoms. The van der Waals surface area contributed by atoms with Gasteiger partial charge in [-0.25, -0.2) is 0 Å². The lowest BCUT2D eigenvalue weighted by Crippen LogP contribution is -2.50. The van der Waals surface area contributed by atoms with Crippen LogP contribution in [-0.2, 0) is 4.79 Å². The van der Waals surface area contributed by atoms with Gasteiger partial charge in [-0.2, -0.15) is 0 Å². The maximum atomic E-state index is 12.6. The Morgan fingerprint density at radius 1 is 1.03 bits per heavy atom. The Morgan fingerprint density at radius 3 is 2.28 bits per heavy atom.